The molecule has 78 valence electrons. The van der Waals surface area contributed by atoms with Gasteiger partial charge in [0, 0.05) is 19.4 Å². The van der Waals surface area contributed by atoms with Crippen molar-refractivity contribution in [3.8, 4) is 0 Å². The Bertz CT molecular complexity index is 347. The molecule has 1 rings (SSSR count). The standard InChI is InChI=1S/C10H16N2O2/c1-10(2,3)14-9(13)7-5-12(4)6-8(7)11/h5-6H,11H2,1-4H3. The van der Waals surface area contributed by atoms with Gasteiger partial charge in [-0.25, -0.2) is 4.79 Å². The molecule has 4 heteroatoms. The summed E-state index contributed by atoms with van der Waals surface area (Å²) >= 11 is 0. The molecular formula is C10H16N2O2. The highest BCUT2D eigenvalue weighted by Crippen LogP contribution is 2.17. The summed E-state index contributed by atoms with van der Waals surface area (Å²) in [5, 5.41) is 0. The largest absolute Gasteiger partial charge is 0.456 e. The maximum Gasteiger partial charge on any atom is 0.342 e. The number of aryl methyl sites for hydroxylation is 1. The molecule has 0 bridgehead atoms. The molecule has 0 radical (unpaired) electrons. The van der Waals surface area contributed by atoms with Crippen LogP contribution in [-0.2, 0) is 11.8 Å². The number of carbonyl (C=O) groups is 1. The number of nitrogens with two attached hydrogens (primary N) is 1. The van der Waals surface area contributed by atoms with Crippen LogP contribution in [0.1, 0.15) is 31.1 Å². The first-order valence-corrected chi connectivity index (χ1v) is 4.44. The molecule has 14 heavy (non-hydrogen) atoms. The van der Waals surface area contributed by atoms with Crippen molar-refractivity contribution in [2.45, 2.75) is 26.4 Å². The van der Waals surface area contributed by atoms with Crippen LogP contribution in [0.5, 0.6) is 0 Å². The van der Waals surface area contributed by atoms with E-state index in [-0.39, 0.29) is 5.97 Å². The third kappa shape index (κ3) is 2.52. The van der Waals surface area contributed by atoms with Gasteiger partial charge in [0.05, 0.1) is 5.69 Å². The summed E-state index contributed by atoms with van der Waals surface area (Å²) in [7, 11) is 1.81. The number of hydrogen-bond donors (Lipinski definition) is 1. The number of anilines is 1. The van der Waals surface area contributed by atoms with E-state index in [1.807, 2.05) is 27.8 Å². The van der Waals surface area contributed by atoms with E-state index in [9.17, 15) is 4.79 Å². The van der Waals surface area contributed by atoms with Crippen molar-refractivity contribution in [1.29, 1.82) is 0 Å². The first-order valence-electron chi connectivity index (χ1n) is 4.44. The molecule has 1 aromatic heterocycles. The van der Waals surface area contributed by atoms with E-state index in [2.05, 4.69) is 0 Å². The third-order valence-electron chi connectivity index (χ3n) is 1.61. The second kappa shape index (κ2) is 3.36. The number of carbonyl (C=O) groups excluding carboxylic acids is 1. The highest BCUT2D eigenvalue weighted by Gasteiger charge is 2.20. The highest BCUT2D eigenvalue weighted by molar-refractivity contribution is 5.95. The zero-order chi connectivity index (χ0) is 10.9. The molecule has 0 amide bonds. The number of esters is 1. The Morgan fingerprint density at radius 1 is 1.43 bits per heavy atom. The van der Waals surface area contributed by atoms with E-state index in [1.165, 1.54) is 0 Å². The number of nitrogens with zero attached hydrogens (tertiary/aromatic N) is 1. The zero-order valence-electron chi connectivity index (χ0n) is 9.00. The van der Waals surface area contributed by atoms with Crippen LogP contribution in [0, 0.1) is 0 Å². The van der Waals surface area contributed by atoms with Gasteiger partial charge in [0.2, 0.25) is 0 Å². The minimum atomic E-state index is -0.487. The van der Waals surface area contributed by atoms with Crippen molar-refractivity contribution in [2.24, 2.45) is 7.05 Å². The Morgan fingerprint density at radius 2 is 2.00 bits per heavy atom. The molecule has 0 spiro atoms. The first kappa shape index (κ1) is 10.6. The lowest BCUT2D eigenvalue weighted by Gasteiger charge is -2.19. The lowest BCUT2D eigenvalue weighted by molar-refractivity contribution is 0.00707. The van der Waals surface area contributed by atoms with Crippen LogP contribution in [0.25, 0.3) is 0 Å². The van der Waals surface area contributed by atoms with Gasteiger partial charge in [0.1, 0.15) is 11.2 Å². The predicted octanol–water partition coefficient (Wildman–Crippen LogP) is 1.56. The number of ether oxygens (including phenoxy) is 1. The monoisotopic (exact) mass is 196 g/mol. The summed E-state index contributed by atoms with van der Waals surface area (Å²) < 4.78 is 6.92. The van der Waals surface area contributed by atoms with Gasteiger partial charge in [0.15, 0.2) is 0 Å². The third-order valence-corrected chi connectivity index (χ3v) is 1.61. The molecule has 0 saturated carbocycles. The fraction of sp³-hybridized carbons (Fsp3) is 0.500. The second-order valence-electron chi connectivity index (χ2n) is 4.29. The molecule has 0 unspecified atom stereocenters. The van der Waals surface area contributed by atoms with Crippen LogP contribution in [0.15, 0.2) is 12.4 Å². The molecule has 0 aliphatic heterocycles. The van der Waals surface area contributed by atoms with Crippen LogP contribution in [0.3, 0.4) is 0 Å². The molecule has 0 aromatic carbocycles. The minimum Gasteiger partial charge on any atom is -0.456 e. The molecule has 0 saturated heterocycles. The normalized spacial score (nSPS) is 11.4. The molecule has 0 fully saturated rings. The molecule has 0 atom stereocenters. The molecule has 1 heterocycles. The Kier molecular flexibility index (Phi) is 2.55. The summed E-state index contributed by atoms with van der Waals surface area (Å²) in [6.45, 7) is 5.47. The lowest BCUT2D eigenvalue weighted by Crippen LogP contribution is -2.24. The molecule has 1 aromatic rings. The van der Waals surface area contributed by atoms with Crippen LogP contribution < -0.4 is 5.73 Å². The Labute approximate surface area is 83.7 Å². The van der Waals surface area contributed by atoms with Crippen molar-refractivity contribution < 1.29 is 9.53 Å². The number of aromatic nitrogens is 1. The average molecular weight is 196 g/mol. The van der Waals surface area contributed by atoms with E-state index in [1.54, 1.807) is 17.0 Å². The van der Waals surface area contributed by atoms with Crippen LogP contribution in [0.4, 0.5) is 5.69 Å². The maximum atomic E-state index is 11.6. The van der Waals surface area contributed by atoms with E-state index >= 15 is 0 Å². The van der Waals surface area contributed by atoms with Crippen LogP contribution >= 0.6 is 0 Å². The second-order valence-corrected chi connectivity index (χ2v) is 4.29. The Hall–Kier alpha value is -1.45. The number of rotatable bonds is 1. The number of hydrogen-bond acceptors (Lipinski definition) is 3. The highest BCUT2D eigenvalue weighted by atomic mass is 16.6. The van der Waals surface area contributed by atoms with Crippen molar-refractivity contribution in [1.82, 2.24) is 4.57 Å². The van der Waals surface area contributed by atoms with Crippen molar-refractivity contribution in [2.75, 3.05) is 5.73 Å². The van der Waals surface area contributed by atoms with Gasteiger partial charge < -0.3 is 15.0 Å². The van der Waals surface area contributed by atoms with Crippen LogP contribution in [0.2, 0.25) is 0 Å². The lowest BCUT2D eigenvalue weighted by atomic mass is 10.2. The fourth-order valence-corrected chi connectivity index (χ4v) is 1.11. The topological polar surface area (TPSA) is 57.2 Å². The molecule has 4 nitrogen and oxygen atoms in total. The van der Waals surface area contributed by atoms with Crippen molar-refractivity contribution in [3.05, 3.63) is 18.0 Å². The molecule has 0 aliphatic carbocycles. The van der Waals surface area contributed by atoms with Gasteiger partial charge in [-0.15, -0.1) is 0 Å². The van der Waals surface area contributed by atoms with Crippen molar-refractivity contribution >= 4 is 11.7 Å². The predicted molar refractivity (Wildman–Crippen MR) is 55.0 cm³/mol. The van der Waals surface area contributed by atoms with Gasteiger partial charge in [-0.1, -0.05) is 0 Å². The number of nitrogen functional groups attached to an aromatic ring is 1. The Balaban J connectivity index is 2.85. The molecule has 2 N–H and O–H groups in total. The van der Waals surface area contributed by atoms with Gasteiger partial charge in [-0.3, -0.25) is 0 Å². The molecular weight excluding hydrogens is 180 g/mol. The fourth-order valence-electron chi connectivity index (χ4n) is 1.11. The van der Waals surface area contributed by atoms with Gasteiger partial charge in [-0.2, -0.15) is 0 Å². The van der Waals surface area contributed by atoms with Gasteiger partial charge in [0.25, 0.3) is 0 Å². The minimum absolute atomic E-state index is 0.379. The van der Waals surface area contributed by atoms with Gasteiger partial charge in [-0.05, 0) is 20.8 Å². The van der Waals surface area contributed by atoms with E-state index in [0.29, 0.717) is 11.3 Å². The summed E-state index contributed by atoms with van der Waals surface area (Å²) in [4.78, 5) is 11.6. The summed E-state index contributed by atoms with van der Waals surface area (Å²) in [6.07, 6.45) is 3.34. The summed E-state index contributed by atoms with van der Waals surface area (Å²) in [6, 6.07) is 0. The van der Waals surface area contributed by atoms with E-state index < -0.39 is 5.60 Å². The summed E-state index contributed by atoms with van der Waals surface area (Å²) in [5.74, 6) is -0.379. The van der Waals surface area contributed by atoms with Crippen LogP contribution in [-0.4, -0.2) is 16.1 Å². The van der Waals surface area contributed by atoms with Gasteiger partial charge >= 0.3 is 5.97 Å². The zero-order valence-corrected chi connectivity index (χ0v) is 9.00. The SMILES string of the molecule is Cn1cc(N)c(C(=O)OC(C)(C)C)c1. The average Bonchev–Trinajstić information content (AvgIpc) is 2.26. The Morgan fingerprint density at radius 3 is 2.36 bits per heavy atom. The summed E-state index contributed by atoms with van der Waals surface area (Å²) in [5.41, 5.74) is 6.02. The van der Waals surface area contributed by atoms with E-state index in [0.717, 1.165) is 0 Å². The van der Waals surface area contributed by atoms with Crippen molar-refractivity contribution in [3.63, 3.8) is 0 Å². The first-order chi connectivity index (χ1) is 6.29. The molecule has 0 aliphatic rings. The maximum absolute atomic E-state index is 11.6. The quantitative estimate of drug-likeness (QED) is 0.693. The smallest absolute Gasteiger partial charge is 0.342 e. The van der Waals surface area contributed by atoms with E-state index in [4.69, 9.17) is 10.5 Å².